The minimum absolute atomic E-state index is 0.0435. The quantitative estimate of drug-likeness (QED) is 0.610. The number of ether oxygens (including phenoxy) is 1. The van der Waals surface area contributed by atoms with Gasteiger partial charge in [0.05, 0.1) is 22.8 Å². The summed E-state index contributed by atoms with van der Waals surface area (Å²) in [5, 5.41) is 2.56. The molecule has 0 radical (unpaired) electrons. The predicted molar refractivity (Wildman–Crippen MR) is 119 cm³/mol. The van der Waals surface area contributed by atoms with E-state index in [1.165, 1.54) is 10.4 Å². The van der Waals surface area contributed by atoms with Crippen LogP contribution < -0.4 is 10.1 Å². The summed E-state index contributed by atoms with van der Waals surface area (Å²) >= 11 is 0. The molecule has 2 aromatic carbocycles. The fraction of sp³-hybridized carbons (Fsp3) is 0.435. The van der Waals surface area contributed by atoms with Crippen LogP contribution >= 0.6 is 0 Å². The van der Waals surface area contributed by atoms with Crippen molar-refractivity contribution >= 4 is 21.6 Å². The fourth-order valence-electron chi connectivity index (χ4n) is 3.59. The van der Waals surface area contributed by atoms with E-state index in [1.54, 1.807) is 24.3 Å². The van der Waals surface area contributed by atoms with Crippen molar-refractivity contribution in [3.8, 4) is 5.75 Å². The van der Waals surface area contributed by atoms with Gasteiger partial charge in [0.2, 0.25) is 15.9 Å². The maximum atomic E-state index is 13.1. The zero-order valence-corrected chi connectivity index (χ0v) is 19.3. The van der Waals surface area contributed by atoms with Crippen LogP contribution in [0.4, 0.5) is 18.9 Å². The van der Waals surface area contributed by atoms with E-state index in [9.17, 15) is 26.4 Å². The van der Waals surface area contributed by atoms with E-state index in [0.29, 0.717) is 13.0 Å². The zero-order valence-electron chi connectivity index (χ0n) is 18.5. The Morgan fingerprint density at radius 2 is 1.76 bits per heavy atom. The van der Waals surface area contributed by atoms with Gasteiger partial charge < -0.3 is 10.1 Å². The SMILES string of the molecule is CCCOc1ccc(C(F)(F)F)cc1NC(=O)C1CCN(S(=O)(=O)c2ccc(C)cc2)CC1. The number of alkyl halides is 3. The van der Waals surface area contributed by atoms with E-state index < -0.39 is 33.6 Å². The summed E-state index contributed by atoms with van der Waals surface area (Å²) in [7, 11) is -3.67. The third-order valence-corrected chi connectivity index (χ3v) is 7.42. The van der Waals surface area contributed by atoms with Crippen LogP contribution in [0.15, 0.2) is 47.4 Å². The Bertz CT molecular complexity index is 1080. The second-order valence-electron chi connectivity index (χ2n) is 8.04. The molecule has 3 rings (SSSR count). The van der Waals surface area contributed by atoms with Crippen LogP contribution in [-0.2, 0) is 21.0 Å². The molecule has 1 amide bonds. The predicted octanol–water partition coefficient (Wildman–Crippen LogP) is 4.84. The zero-order chi connectivity index (χ0) is 24.2. The summed E-state index contributed by atoms with van der Waals surface area (Å²) in [6.45, 7) is 4.32. The fourth-order valence-corrected chi connectivity index (χ4v) is 5.06. The molecule has 1 saturated heterocycles. The van der Waals surface area contributed by atoms with Crippen LogP contribution in [0.3, 0.4) is 0 Å². The summed E-state index contributed by atoms with van der Waals surface area (Å²) in [6, 6.07) is 9.52. The molecule has 1 aliphatic rings. The number of aryl methyl sites for hydroxylation is 1. The molecular weight excluding hydrogens is 457 g/mol. The number of hydrogen-bond donors (Lipinski definition) is 1. The van der Waals surface area contributed by atoms with Crippen molar-refractivity contribution in [3.63, 3.8) is 0 Å². The molecule has 0 bridgehead atoms. The van der Waals surface area contributed by atoms with Crippen molar-refractivity contribution in [2.75, 3.05) is 25.0 Å². The number of hydrogen-bond acceptors (Lipinski definition) is 4. The maximum absolute atomic E-state index is 13.1. The Morgan fingerprint density at radius 1 is 1.12 bits per heavy atom. The maximum Gasteiger partial charge on any atom is 0.416 e. The lowest BCUT2D eigenvalue weighted by atomic mass is 9.97. The van der Waals surface area contributed by atoms with Gasteiger partial charge in [0.1, 0.15) is 5.75 Å². The third kappa shape index (κ3) is 6.05. The van der Waals surface area contributed by atoms with Crippen molar-refractivity contribution in [2.24, 2.45) is 5.92 Å². The second kappa shape index (κ2) is 10.1. The van der Waals surface area contributed by atoms with Gasteiger partial charge in [-0.3, -0.25) is 4.79 Å². The van der Waals surface area contributed by atoms with Crippen LogP contribution in [-0.4, -0.2) is 38.3 Å². The van der Waals surface area contributed by atoms with Crippen molar-refractivity contribution in [3.05, 3.63) is 53.6 Å². The van der Waals surface area contributed by atoms with Gasteiger partial charge in [-0.1, -0.05) is 24.6 Å². The number of halogens is 3. The van der Waals surface area contributed by atoms with Crippen molar-refractivity contribution < 1.29 is 31.1 Å². The van der Waals surface area contributed by atoms with Gasteiger partial charge in [0, 0.05) is 19.0 Å². The van der Waals surface area contributed by atoms with Gasteiger partial charge >= 0.3 is 6.18 Å². The number of carbonyl (C=O) groups is 1. The van der Waals surface area contributed by atoms with Crippen molar-refractivity contribution in [1.82, 2.24) is 4.31 Å². The molecule has 0 aliphatic carbocycles. The lowest BCUT2D eigenvalue weighted by molar-refractivity contribution is -0.137. The van der Waals surface area contributed by atoms with Gasteiger partial charge in [-0.25, -0.2) is 8.42 Å². The molecule has 33 heavy (non-hydrogen) atoms. The van der Waals surface area contributed by atoms with E-state index in [4.69, 9.17) is 4.74 Å². The third-order valence-electron chi connectivity index (χ3n) is 5.51. The molecule has 0 atom stereocenters. The van der Waals surface area contributed by atoms with Gasteiger partial charge in [-0.05, 0) is 56.5 Å². The highest BCUT2D eigenvalue weighted by molar-refractivity contribution is 7.89. The summed E-state index contributed by atoms with van der Waals surface area (Å²) in [5.41, 5.74) is 0.0137. The number of carbonyl (C=O) groups excluding carboxylic acids is 1. The monoisotopic (exact) mass is 484 g/mol. The lowest BCUT2D eigenvalue weighted by Crippen LogP contribution is -2.41. The highest BCUT2D eigenvalue weighted by atomic mass is 32.2. The molecule has 1 aliphatic heterocycles. The molecule has 0 aromatic heterocycles. The van der Waals surface area contributed by atoms with Gasteiger partial charge in [-0.15, -0.1) is 0 Å². The molecule has 6 nitrogen and oxygen atoms in total. The summed E-state index contributed by atoms with van der Waals surface area (Å²) in [6.07, 6.45) is -3.37. The molecule has 180 valence electrons. The van der Waals surface area contributed by atoms with E-state index in [2.05, 4.69) is 5.32 Å². The highest BCUT2D eigenvalue weighted by Crippen LogP contribution is 2.36. The number of nitrogens with zero attached hydrogens (tertiary/aromatic N) is 1. The minimum atomic E-state index is -4.56. The Labute approximate surface area is 191 Å². The van der Waals surface area contributed by atoms with E-state index in [-0.39, 0.29) is 42.3 Å². The smallest absolute Gasteiger partial charge is 0.416 e. The van der Waals surface area contributed by atoms with Gasteiger partial charge in [0.25, 0.3) is 0 Å². The molecule has 0 spiro atoms. The van der Waals surface area contributed by atoms with Gasteiger partial charge in [0.15, 0.2) is 0 Å². The van der Waals surface area contributed by atoms with Crippen molar-refractivity contribution in [2.45, 2.75) is 44.2 Å². The molecule has 1 fully saturated rings. The number of sulfonamides is 1. The Hall–Kier alpha value is -2.59. The largest absolute Gasteiger partial charge is 0.491 e. The Balaban J connectivity index is 1.69. The van der Waals surface area contributed by atoms with Crippen LogP contribution in [0.1, 0.15) is 37.3 Å². The molecule has 2 aromatic rings. The lowest BCUT2D eigenvalue weighted by Gasteiger charge is -2.30. The first kappa shape index (κ1) is 25.0. The van der Waals surface area contributed by atoms with Gasteiger partial charge in [-0.2, -0.15) is 17.5 Å². The molecule has 10 heteroatoms. The van der Waals surface area contributed by atoms with Crippen LogP contribution in [0.5, 0.6) is 5.75 Å². The molecular formula is C23H27F3N2O4S. The van der Waals surface area contributed by atoms with Crippen LogP contribution in [0.2, 0.25) is 0 Å². The Morgan fingerprint density at radius 3 is 2.33 bits per heavy atom. The van der Waals surface area contributed by atoms with Crippen LogP contribution in [0.25, 0.3) is 0 Å². The number of rotatable bonds is 7. The highest BCUT2D eigenvalue weighted by Gasteiger charge is 2.34. The average molecular weight is 485 g/mol. The standard InChI is InChI=1S/C23H27F3N2O4S/c1-3-14-32-21-9-6-18(23(24,25)26)15-20(21)27-22(29)17-10-12-28(13-11-17)33(30,31)19-7-4-16(2)5-8-19/h4-9,15,17H,3,10-14H2,1-2H3,(H,27,29). The Kier molecular flexibility index (Phi) is 7.69. The molecule has 0 unspecified atom stereocenters. The average Bonchev–Trinajstić information content (AvgIpc) is 2.78. The molecule has 0 saturated carbocycles. The first-order valence-corrected chi connectivity index (χ1v) is 12.2. The number of nitrogens with one attached hydrogen (secondary N) is 1. The molecule has 1 heterocycles. The van der Waals surface area contributed by atoms with E-state index >= 15 is 0 Å². The van der Waals surface area contributed by atoms with Crippen LogP contribution in [0, 0.1) is 12.8 Å². The number of benzene rings is 2. The first-order chi connectivity index (χ1) is 15.5. The summed E-state index contributed by atoms with van der Waals surface area (Å²) < 4.78 is 71.9. The second-order valence-corrected chi connectivity index (χ2v) is 9.98. The van der Waals surface area contributed by atoms with E-state index in [1.807, 2.05) is 13.8 Å². The number of piperidine rings is 1. The molecule has 1 N–H and O–H groups in total. The summed E-state index contributed by atoms with van der Waals surface area (Å²) in [5.74, 6) is -0.816. The summed E-state index contributed by atoms with van der Waals surface area (Å²) in [4.78, 5) is 13.0. The van der Waals surface area contributed by atoms with Crippen molar-refractivity contribution in [1.29, 1.82) is 0 Å². The topological polar surface area (TPSA) is 75.7 Å². The normalized spacial score (nSPS) is 15.9. The number of anilines is 1. The number of amides is 1. The minimum Gasteiger partial charge on any atom is -0.491 e. The first-order valence-electron chi connectivity index (χ1n) is 10.7. The van der Waals surface area contributed by atoms with E-state index in [0.717, 1.165) is 17.7 Å².